The minimum atomic E-state index is 0.00950. The van der Waals surface area contributed by atoms with E-state index in [1.807, 2.05) is 24.3 Å². The number of hydrogen-bond acceptors (Lipinski definition) is 3. The van der Waals surface area contributed by atoms with Crippen molar-refractivity contribution >= 4 is 54.8 Å². The molecule has 2 aromatic rings. The highest BCUT2D eigenvalue weighted by atomic mass is 79.9. The van der Waals surface area contributed by atoms with Crippen LogP contribution in [0.4, 0.5) is 5.69 Å². The lowest BCUT2D eigenvalue weighted by Crippen LogP contribution is -2.21. The lowest BCUT2D eigenvalue weighted by molar-refractivity contribution is 0.0827. The number of carbonyl (C=O) groups is 1. The molecule has 1 aromatic heterocycles. The van der Waals surface area contributed by atoms with E-state index in [0.29, 0.717) is 5.56 Å². The van der Waals surface area contributed by atoms with Crippen molar-refractivity contribution in [3.8, 4) is 0 Å². The Hall–Kier alpha value is -0.850. The summed E-state index contributed by atoms with van der Waals surface area (Å²) in [6, 6.07) is 9.63. The third-order valence-corrected chi connectivity index (χ3v) is 5.93. The second-order valence-electron chi connectivity index (χ2n) is 4.47. The van der Waals surface area contributed by atoms with Crippen LogP contribution < -0.4 is 5.32 Å². The number of nitrogens with one attached hydrogen (secondary N) is 1. The van der Waals surface area contributed by atoms with Gasteiger partial charge in [-0.05, 0) is 56.1 Å². The van der Waals surface area contributed by atoms with Gasteiger partial charge in [0.25, 0.3) is 5.91 Å². The van der Waals surface area contributed by atoms with E-state index in [1.165, 1.54) is 4.88 Å². The number of hydrogen-bond donors (Lipinski definition) is 1. The highest BCUT2D eigenvalue weighted by Gasteiger charge is 2.08. The van der Waals surface area contributed by atoms with Gasteiger partial charge in [-0.1, -0.05) is 6.07 Å². The average molecular weight is 418 g/mol. The number of rotatable bonds is 4. The molecule has 1 amide bonds. The lowest BCUT2D eigenvalue weighted by Gasteiger charge is -2.11. The molecule has 0 fully saturated rings. The number of halogens is 2. The molecule has 6 heteroatoms. The highest BCUT2D eigenvalue weighted by Crippen LogP contribution is 2.32. The average Bonchev–Trinajstić information content (AvgIpc) is 2.75. The Labute approximate surface area is 139 Å². The Kier molecular flexibility index (Phi) is 5.23. The zero-order valence-electron chi connectivity index (χ0n) is 11.1. The molecule has 0 saturated heterocycles. The summed E-state index contributed by atoms with van der Waals surface area (Å²) in [6.45, 7) is 0.731. The quantitative estimate of drug-likeness (QED) is 0.788. The summed E-state index contributed by atoms with van der Waals surface area (Å²) in [4.78, 5) is 14.7. The summed E-state index contributed by atoms with van der Waals surface area (Å²) in [5.74, 6) is 0.00950. The normalized spacial score (nSPS) is 10.4. The van der Waals surface area contributed by atoms with E-state index >= 15 is 0 Å². The Morgan fingerprint density at radius 3 is 2.65 bits per heavy atom. The van der Waals surface area contributed by atoms with Crippen LogP contribution in [0.1, 0.15) is 15.2 Å². The third kappa shape index (κ3) is 3.84. The Bertz CT molecular complexity index is 606. The molecule has 0 unspecified atom stereocenters. The van der Waals surface area contributed by atoms with Crippen LogP contribution in [0.15, 0.2) is 38.6 Å². The highest BCUT2D eigenvalue weighted by molar-refractivity contribution is 9.13. The maximum Gasteiger partial charge on any atom is 0.253 e. The number of amides is 1. The van der Waals surface area contributed by atoms with Gasteiger partial charge in [0.15, 0.2) is 0 Å². The maximum atomic E-state index is 11.9. The molecule has 0 radical (unpaired) electrons. The minimum Gasteiger partial charge on any atom is -0.380 e. The molecule has 2 rings (SSSR count). The van der Waals surface area contributed by atoms with Crippen LogP contribution in [0.3, 0.4) is 0 Å². The molecule has 3 nitrogen and oxygen atoms in total. The van der Waals surface area contributed by atoms with Gasteiger partial charge in [0.05, 0.1) is 3.79 Å². The Balaban J connectivity index is 2.06. The molecular weight excluding hydrogens is 404 g/mol. The molecule has 0 aliphatic carbocycles. The summed E-state index contributed by atoms with van der Waals surface area (Å²) >= 11 is 8.64. The SMILES string of the molecule is CN(C)C(=O)c1cccc(NCc2cc(Br)c(Br)s2)c1. The molecule has 106 valence electrons. The summed E-state index contributed by atoms with van der Waals surface area (Å²) in [5.41, 5.74) is 1.63. The van der Waals surface area contributed by atoms with Crippen LogP contribution in [-0.4, -0.2) is 24.9 Å². The molecule has 0 spiro atoms. The monoisotopic (exact) mass is 416 g/mol. The van der Waals surface area contributed by atoms with Gasteiger partial charge in [-0.15, -0.1) is 11.3 Å². The summed E-state index contributed by atoms with van der Waals surface area (Å²) in [7, 11) is 3.51. The van der Waals surface area contributed by atoms with E-state index in [-0.39, 0.29) is 5.91 Å². The third-order valence-electron chi connectivity index (χ3n) is 2.68. The maximum absolute atomic E-state index is 11.9. The standard InChI is InChI=1S/C14H14Br2N2OS/c1-18(2)14(19)9-4-3-5-10(6-9)17-8-11-7-12(15)13(16)20-11/h3-7,17H,8H2,1-2H3. The Morgan fingerprint density at radius 1 is 1.30 bits per heavy atom. The van der Waals surface area contributed by atoms with Crippen molar-refractivity contribution in [2.45, 2.75) is 6.54 Å². The number of nitrogens with zero attached hydrogens (tertiary/aromatic N) is 1. The summed E-state index contributed by atoms with van der Waals surface area (Å²) in [5, 5.41) is 3.33. The fraction of sp³-hybridized carbons (Fsp3) is 0.214. The smallest absolute Gasteiger partial charge is 0.253 e. The van der Waals surface area contributed by atoms with Gasteiger partial charge >= 0.3 is 0 Å². The Morgan fingerprint density at radius 2 is 2.05 bits per heavy atom. The fourth-order valence-electron chi connectivity index (χ4n) is 1.69. The number of thiophene rings is 1. The molecule has 0 bridgehead atoms. The predicted molar refractivity (Wildman–Crippen MR) is 91.5 cm³/mol. The number of carbonyl (C=O) groups excluding carboxylic acids is 1. The van der Waals surface area contributed by atoms with E-state index in [1.54, 1.807) is 30.3 Å². The van der Waals surface area contributed by atoms with Crippen molar-refractivity contribution in [2.75, 3.05) is 19.4 Å². The van der Waals surface area contributed by atoms with E-state index in [9.17, 15) is 4.79 Å². The van der Waals surface area contributed by atoms with Crippen LogP contribution in [-0.2, 0) is 6.54 Å². The molecular formula is C14H14Br2N2OS. The predicted octanol–water partition coefficient (Wildman–Crippen LogP) is 4.59. The molecule has 0 saturated carbocycles. The van der Waals surface area contributed by atoms with Crippen molar-refractivity contribution in [1.82, 2.24) is 4.90 Å². The lowest BCUT2D eigenvalue weighted by atomic mass is 10.2. The molecule has 1 heterocycles. The molecule has 1 aromatic carbocycles. The summed E-state index contributed by atoms with van der Waals surface area (Å²) in [6.07, 6.45) is 0. The van der Waals surface area contributed by atoms with Gasteiger partial charge in [0.2, 0.25) is 0 Å². The van der Waals surface area contributed by atoms with Crippen LogP contribution in [0.2, 0.25) is 0 Å². The first-order chi connectivity index (χ1) is 9.47. The van der Waals surface area contributed by atoms with Crippen molar-refractivity contribution in [2.24, 2.45) is 0 Å². The molecule has 0 atom stereocenters. The molecule has 20 heavy (non-hydrogen) atoms. The van der Waals surface area contributed by atoms with Crippen LogP contribution in [0, 0.1) is 0 Å². The zero-order chi connectivity index (χ0) is 14.7. The first kappa shape index (κ1) is 15.5. The van der Waals surface area contributed by atoms with Crippen molar-refractivity contribution in [1.29, 1.82) is 0 Å². The van der Waals surface area contributed by atoms with Crippen LogP contribution >= 0.6 is 43.2 Å². The van der Waals surface area contributed by atoms with E-state index in [4.69, 9.17) is 0 Å². The molecule has 1 N–H and O–H groups in total. The van der Waals surface area contributed by atoms with Crippen LogP contribution in [0.25, 0.3) is 0 Å². The number of anilines is 1. The van der Waals surface area contributed by atoms with E-state index in [2.05, 4.69) is 43.2 Å². The van der Waals surface area contributed by atoms with Gasteiger partial charge in [0, 0.05) is 41.2 Å². The van der Waals surface area contributed by atoms with E-state index in [0.717, 1.165) is 20.5 Å². The topological polar surface area (TPSA) is 32.3 Å². The first-order valence-electron chi connectivity index (χ1n) is 5.96. The zero-order valence-corrected chi connectivity index (χ0v) is 15.1. The van der Waals surface area contributed by atoms with Crippen molar-refractivity contribution < 1.29 is 4.79 Å². The van der Waals surface area contributed by atoms with Gasteiger partial charge in [-0.3, -0.25) is 4.79 Å². The van der Waals surface area contributed by atoms with Crippen molar-refractivity contribution in [3.63, 3.8) is 0 Å². The van der Waals surface area contributed by atoms with Gasteiger partial charge in [-0.2, -0.15) is 0 Å². The minimum absolute atomic E-state index is 0.00950. The first-order valence-corrected chi connectivity index (χ1v) is 8.37. The molecule has 0 aliphatic rings. The summed E-state index contributed by atoms with van der Waals surface area (Å²) < 4.78 is 2.15. The van der Waals surface area contributed by atoms with Gasteiger partial charge in [0.1, 0.15) is 0 Å². The van der Waals surface area contributed by atoms with Crippen molar-refractivity contribution in [3.05, 3.63) is 49.0 Å². The van der Waals surface area contributed by atoms with Crippen LogP contribution in [0.5, 0.6) is 0 Å². The molecule has 0 aliphatic heterocycles. The fourth-order valence-corrected chi connectivity index (χ4v) is 3.80. The number of benzene rings is 1. The second kappa shape index (κ2) is 6.74. The largest absolute Gasteiger partial charge is 0.380 e. The van der Waals surface area contributed by atoms with Gasteiger partial charge < -0.3 is 10.2 Å². The second-order valence-corrected chi connectivity index (χ2v) is 7.78. The van der Waals surface area contributed by atoms with Gasteiger partial charge in [-0.25, -0.2) is 0 Å². The van der Waals surface area contributed by atoms with E-state index < -0.39 is 0 Å².